The van der Waals surface area contributed by atoms with Crippen molar-refractivity contribution < 1.29 is 0 Å². The van der Waals surface area contributed by atoms with Crippen LogP contribution in [0.25, 0.3) is 0 Å². The number of nitrogens with one attached hydrogen (secondary N) is 1. The molecule has 1 saturated heterocycles. The van der Waals surface area contributed by atoms with Gasteiger partial charge >= 0.3 is 0 Å². The molecule has 15 heavy (non-hydrogen) atoms. The first-order valence-corrected chi connectivity index (χ1v) is 6.56. The Morgan fingerprint density at radius 1 is 1.47 bits per heavy atom. The van der Waals surface area contributed by atoms with Crippen LogP contribution < -0.4 is 11.1 Å². The van der Waals surface area contributed by atoms with Gasteiger partial charge in [0.15, 0.2) is 0 Å². The molecule has 1 heterocycles. The lowest BCUT2D eigenvalue weighted by Gasteiger charge is -2.22. The second kappa shape index (κ2) is 5.42. The number of hydrogen-bond donors (Lipinski definition) is 2. The van der Waals surface area contributed by atoms with E-state index >= 15 is 0 Å². The van der Waals surface area contributed by atoms with Gasteiger partial charge in [0, 0.05) is 23.2 Å². The summed E-state index contributed by atoms with van der Waals surface area (Å²) >= 11 is 2.04. The highest BCUT2D eigenvalue weighted by Gasteiger charge is 2.12. The first kappa shape index (κ1) is 10.8. The molecule has 1 unspecified atom stereocenters. The Bertz CT molecular complexity index is 308. The van der Waals surface area contributed by atoms with Gasteiger partial charge in [0.25, 0.3) is 0 Å². The summed E-state index contributed by atoms with van der Waals surface area (Å²) in [6.45, 7) is 2.35. The van der Waals surface area contributed by atoms with Crippen LogP contribution in [-0.2, 0) is 5.75 Å². The quantitative estimate of drug-likeness (QED) is 0.770. The highest BCUT2D eigenvalue weighted by atomic mass is 32.2. The van der Waals surface area contributed by atoms with Crippen LogP contribution in [0.15, 0.2) is 24.3 Å². The van der Waals surface area contributed by atoms with Crippen molar-refractivity contribution in [3.05, 3.63) is 29.8 Å². The molecule has 0 amide bonds. The molecule has 1 aliphatic heterocycles. The van der Waals surface area contributed by atoms with Crippen LogP contribution in [-0.4, -0.2) is 18.3 Å². The molecule has 2 nitrogen and oxygen atoms in total. The molecule has 1 aromatic carbocycles. The van der Waals surface area contributed by atoms with E-state index in [1.165, 1.54) is 24.9 Å². The Labute approximate surface area is 95.6 Å². The molecule has 0 aliphatic carbocycles. The Morgan fingerprint density at radius 2 is 2.40 bits per heavy atom. The third-order valence-electron chi connectivity index (χ3n) is 2.69. The average Bonchev–Trinajstić information content (AvgIpc) is 2.28. The number of thioether (sulfide) groups is 1. The van der Waals surface area contributed by atoms with E-state index < -0.39 is 0 Å². The predicted molar refractivity (Wildman–Crippen MR) is 68.0 cm³/mol. The van der Waals surface area contributed by atoms with Gasteiger partial charge in [-0.15, -0.1) is 0 Å². The third kappa shape index (κ3) is 3.43. The molecule has 0 bridgehead atoms. The Hall–Kier alpha value is -0.670. The molecule has 1 aliphatic rings. The lowest BCUT2D eigenvalue weighted by molar-refractivity contribution is 0.531. The van der Waals surface area contributed by atoms with Gasteiger partial charge in [0.1, 0.15) is 0 Å². The van der Waals surface area contributed by atoms with Crippen LogP contribution in [0.4, 0.5) is 5.69 Å². The summed E-state index contributed by atoms with van der Waals surface area (Å²) in [6, 6.07) is 8.20. The molecule has 1 atom stereocenters. The summed E-state index contributed by atoms with van der Waals surface area (Å²) in [5.41, 5.74) is 7.95. The van der Waals surface area contributed by atoms with Crippen LogP contribution >= 0.6 is 11.8 Å². The summed E-state index contributed by atoms with van der Waals surface area (Å²) in [5, 5.41) is 4.21. The maximum absolute atomic E-state index is 5.75. The number of nitrogen functional groups attached to an aromatic ring is 1. The topological polar surface area (TPSA) is 38.0 Å². The fourth-order valence-electron chi connectivity index (χ4n) is 1.86. The normalized spacial score (nSPS) is 21.5. The first-order chi connectivity index (χ1) is 7.34. The number of nitrogens with two attached hydrogens (primary N) is 1. The molecule has 0 saturated carbocycles. The van der Waals surface area contributed by atoms with Crippen molar-refractivity contribution in [1.82, 2.24) is 5.32 Å². The minimum absolute atomic E-state index is 0.778. The third-order valence-corrected chi connectivity index (χ3v) is 4.06. The fourth-order valence-corrected chi connectivity index (χ4v) is 3.04. The number of hydrogen-bond acceptors (Lipinski definition) is 3. The van der Waals surface area contributed by atoms with Gasteiger partial charge < -0.3 is 11.1 Å². The van der Waals surface area contributed by atoms with E-state index in [4.69, 9.17) is 5.73 Å². The van der Waals surface area contributed by atoms with E-state index in [9.17, 15) is 0 Å². The first-order valence-electron chi connectivity index (χ1n) is 5.51. The molecule has 0 aromatic heterocycles. The van der Waals surface area contributed by atoms with E-state index in [2.05, 4.69) is 17.4 Å². The van der Waals surface area contributed by atoms with E-state index in [0.717, 1.165) is 23.2 Å². The van der Waals surface area contributed by atoms with Gasteiger partial charge in [-0.05, 0) is 37.1 Å². The van der Waals surface area contributed by atoms with Gasteiger partial charge in [-0.2, -0.15) is 11.8 Å². The van der Waals surface area contributed by atoms with Gasteiger partial charge in [0.05, 0.1) is 0 Å². The van der Waals surface area contributed by atoms with Gasteiger partial charge in [-0.1, -0.05) is 12.1 Å². The van der Waals surface area contributed by atoms with Crippen molar-refractivity contribution in [1.29, 1.82) is 0 Å². The monoisotopic (exact) mass is 222 g/mol. The van der Waals surface area contributed by atoms with Gasteiger partial charge in [-0.25, -0.2) is 0 Å². The van der Waals surface area contributed by atoms with Crippen molar-refractivity contribution in [2.45, 2.75) is 23.8 Å². The molecule has 0 radical (unpaired) electrons. The summed E-state index contributed by atoms with van der Waals surface area (Å²) in [5.74, 6) is 1.08. The van der Waals surface area contributed by atoms with Crippen molar-refractivity contribution in [2.75, 3.05) is 18.8 Å². The summed E-state index contributed by atoms with van der Waals surface area (Å²) < 4.78 is 0. The molecular weight excluding hydrogens is 204 g/mol. The lowest BCUT2D eigenvalue weighted by Crippen LogP contribution is -2.31. The van der Waals surface area contributed by atoms with E-state index in [1.807, 2.05) is 23.9 Å². The summed E-state index contributed by atoms with van der Waals surface area (Å²) in [6.07, 6.45) is 2.66. The second-order valence-electron chi connectivity index (χ2n) is 4.02. The number of benzene rings is 1. The zero-order valence-corrected chi connectivity index (χ0v) is 9.72. The van der Waals surface area contributed by atoms with Crippen LogP contribution in [0.1, 0.15) is 18.4 Å². The SMILES string of the molecule is Nc1cccc(CSC2CCCNC2)c1. The maximum atomic E-state index is 5.75. The van der Waals surface area contributed by atoms with Crippen LogP contribution in [0, 0.1) is 0 Å². The predicted octanol–water partition coefficient (Wildman–Crippen LogP) is 2.25. The minimum Gasteiger partial charge on any atom is -0.399 e. The molecule has 3 N–H and O–H groups in total. The van der Waals surface area contributed by atoms with Crippen molar-refractivity contribution in [3.8, 4) is 0 Å². The molecule has 3 heteroatoms. The minimum atomic E-state index is 0.778. The lowest BCUT2D eigenvalue weighted by atomic mass is 10.2. The van der Waals surface area contributed by atoms with E-state index in [1.54, 1.807) is 0 Å². The summed E-state index contributed by atoms with van der Waals surface area (Å²) in [7, 11) is 0. The molecule has 2 rings (SSSR count). The fraction of sp³-hybridized carbons (Fsp3) is 0.500. The van der Waals surface area contributed by atoms with Gasteiger partial charge in [-0.3, -0.25) is 0 Å². The van der Waals surface area contributed by atoms with E-state index in [-0.39, 0.29) is 0 Å². The molecule has 0 spiro atoms. The average molecular weight is 222 g/mol. The number of piperidine rings is 1. The second-order valence-corrected chi connectivity index (χ2v) is 5.31. The zero-order valence-electron chi connectivity index (χ0n) is 8.91. The smallest absolute Gasteiger partial charge is 0.0317 e. The van der Waals surface area contributed by atoms with Crippen molar-refractivity contribution in [2.24, 2.45) is 0 Å². The molecule has 1 fully saturated rings. The molecule has 1 aromatic rings. The van der Waals surface area contributed by atoms with Crippen molar-refractivity contribution >= 4 is 17.4 Å². The standard InChI is InChI=1S/C12H18N2S/c13-11-4-1-3-10(7-11)9-15-12-5-2-6-14-8-12/h1,3-4,7,12,14H,2,5-6,8-9,13H2. The van der Waals surface area contributed by atoms with Gasteiger partial charge in [0.2, 0.25) is 0 Å². The molecular formula is C12H18N2S. The Morgan fingerprint density at radius 3 is 3.13 bits per heavy atom. The number of anilines is 1. The van der Waals surface area contributed by atoms with Crippen LogP contribution in [0.5, 0.6) is 0 Å². The number of rotatable bonds is 3. The maximum Gasteiger partial charge on any atom is 0.0317 e. The summed E-state index contributed by atoms with van der Waals surface area (Å²) in [4.78, 5) is 0. The van der Waals surface area contributed by atoms with Crippen LogP contribution in [0.2, 0.25) is 0 Å². The Kier molecular flexibility index (Phi) is 3.92. The van der Waals surface area contributed by atoms with Crippen LogP contribution in [0.3, 0.4) is 0 Å². The molecule has 82 valence electrons. The zero-order chi connectivity index (χ0) is 10.5. The largest absolute Gasteiger partial charge is 0.399 e. The highest BCUT2D eigenvalue weighted by Crippen LogP contribution is 2.23. The highest BCUT2D eigenvalue weighted by molar-refractivity contribution is 7.99. The van der Waals surface area contributed by atoms with Crippen molar-refractivity contribution in [3.63, 3.8) is 0 Å². The Balaban J connectivity index is 1.81. The van der Waals surface area contributed by atoms with E-state index in [0.29, 0.717) is 0 Å².